The van der Waals surface area contributed by atoms with Gasteiger partial charge in [-0.3, -0.25) is 4.79 Å². The summed E-state index contributed by atoms with van der Waals surface area (Å²) in [6.45, 7) is 0.118. The van der Waals surface area contributed by atoms with Crippen molar-refractivity contribution >= 4 is 17.5 Å². The van der Waals surface area contributed by atoms with E-state index in [4.69, 9.17) is 9.47 Å². The van der Waals surface area contributed by atoms with Crippen LogP contribution >= 0.6 is 11.8 Å². The zero-order valence-electron chi connectivity index (χ0n) is 8.43. The Labute approximate surface area is 92.8 Å². The highest BCUT2D eigenvalue weighted by Crippen LogP contribution is 2.34. The third-order valence-corrected chi connectivity index (χ3v) is 3.27. The quantitative estimate of drug-likeness (QED) is 0.783. The first-order chi connectivity index (χ1) is 7.31. The van der Waals surface area contributed by atoms with Crippen LogP contribution in [0.4, 0.5) is 0 Å². The number of ether oxygens (including phenoxy) is 2. The van der Waals surface area contributed by atoms with Gasteiger partial charge in [-0.05, 0) is 12.1 Å². The number of carbonyl (C=O) groups is 1. The molecule has 3 nitrogen and oxygen atoms in total. The van der Waals surface area contributed by atoms with Crippen LogP contribution in [-0.2, 0) is 9.53 Å². The van der Waals surface area contributed by atoms with Crippen molar-refractivity contribution in [2.75, 3.05) is 19.5 Å². The Morgan fingerprint density at radius 2 is 2.40 bits per heavy atom. The van der Waals surface area contributed by atoms with Crippen molar-refractivity contribution in [1.29, 1.82) is 0 Å². The molecular weight excluding hydrogens is 212 g/mol. The second kappa shape index (κ2) is 4.68. The molecule has 0 saturated heterocycles. The van der Waals surface area contributed by atoms with Crippen molar-refractivity contribution in [3.63, 3.8) is 0 Å². The Hall–Kier alpha value is -1.00. The summed E-state index contributed by atoms with van der Waals surface area (Å²) in [6.07, 6.45) is -0.371. The van der Waals surface area contributed by atoms with Crippen molar-refractivity contribution in [2.24, 2.45) is 0 Å². The summed E-state index contributed by atoms with van der Waals surface area (Å²) in [4.78, 5) is 12.6. The molecule has 1 unspecified atom stereocenters. The van der Waals surface area contributed by atoms with E-state index in [1.807, 2.05) is 24.3 Å². The molecule has 0 fully saturated rings. The molecule has 0 spiro atoms. The Balaban J connectivity index is 2.08. The summed E-state index contributed by atoms with van der Waals surface area (Å²) in [5.41, 5.74) is 0. The lowest BCUT2D eigenvalue weighted by Crippen LogP contribution is -2.34. The van der Waals surface area contributed by atoms with Crippen LogP contribution in [0, 0.1) is 0 Å². The molecule has 1 aliphatic rings. The maximum atomic E-state index is 11.5. The molecule has 4 heteroatoms. The third-order valence-electron chi connectivity index (χ3n) is 2.15. The van der Waals surface area contributed by atoms with Gasteiger partial charge in [0.15, 0.2) is 11.9 Å². The number of Topliss-reactive ketones (excluding diaryl/α,β-unsaturated/α-hetero) is 1. The van der Waals surface area contributed by atoms with E-state index in [1.165, 1.54) is 7.11 Å². The van der Waals surface area contributed by atoms with E-state index in [9.17, 15) is 4.79 Å². The molecule has 2 rings (SSSR count). The molecule has 80 valence electrons. The van der Waals surface area contributed by atoms with Gasteiger partial charge < -0.3 is 9.47 Å². The normalized spacial score (nSPS) is 19.1. The molecular formula is C11H12O3S. The van der Waals surface area contributed by atoms with Gasteiger partial charge in [0.25, 0.3) is 0 Å². The number of fused-ring (bicyclic) bond motifs is 1. The molecule has 0 aromatic heterocycles. The summed E-state index contributed by atoms with van der Waals surface area (Å²) in [5.74, 6) is 1.46. The minimum atomic E-state index is -0.371. The molecule has 0 radical (unpaired) electrons. The molecule has 0 amide bonds. The monoisotopic (exact) mass is 224 g/mol. The average Bonchev–Trinajstić information content (AvgIpc) is 2.29. The number of hydrogen-bond donors (Lipinski definition) is 0. The van der Waals surface area contributed by atoms with Crippen molar-refractivity contribution in [3.05, 3.63) is 24.3 Å². The lowest BCUT2D eigenvalue weighted by molar-refractivity contribution is -0.128. The fourth-order valence-corrected chi connectivity index (χ4v) is 2.43. The summed E-state index contributed by atoms with van der Waals surface area (Å²) < 4.78 is 10.4. The van der Waals surface area contributed by atoms with Gasteiger partial charge in [0, 0.05) is 17.8 Å². The van der Waals surface area contributed by atoms with E-state index < -0.39 is 0 Å². The van der Waals surface area contributed by atoms with Crippen molar-refractivity contribution in [1.82, 2.24) is 0 Å². The van der Waals surface area contributed by atoms with Crippen LogP contribution in [-0.4, -0.2) is 31.4 Å². The van der Waals surface area contributed by atoms with Gasteiger partial charge in [-0.15, -0.1) is 11.8 Å². The van der Waals surface area contributed by atoms with Gasteiger partial charge in [0.2, 0.25) is 0 Å². The second-order valence-electron chi connectivity index (χ2n) is 3.26. The van der Waals surface area contributed by atoms with Crippen LogP contribution in [0.15, 0.2) is 29.2 Å². The largest absolute Gasteiger partial charge is 0.481 e. The van der Waals surface area contributed by atoms with Crippen LogP contribution in [0.3, 0.4) is 0 Å². The Morgan fingerprint density at radius 1 is 1.60 bits per heavy atom. The molecule has 1 heterocycles. The molecule has 15 heavy (non-hydrogen) atoms. The first-order valence-corrected chi connectivity index (χ1v) is 5.70. The first-order valence-electron chi connectivity index (χ1n) is 4.71. The fourth-order valence-electron chi connectivity index (χ4n) is 1.41. The van der Waals surface area contributed by atoms with Crippen molar-refractivity contribution in [3.8, 4) is 5.75 Å². The van der Waals surface area contributed by atoms with Gasteiger partial charge in [0.05, 0.1) is 0 Å². The SMILES string of the molecule is COCC(=O)C1CSc2ccccc2O1. The number of para-hydroxylation sites is 1. The number of ketones is 1. The van der Waals surface area contributed by atoms with E-state index in [1.54, 1.807) is 11.8 Å². The molecule has 1 atom stereocenters. The Morgan fingerprint density at radius 3 is 3.20 bits per heavy atom. The molecule has 0 bridgehead atoms. The lowest BCUT2D eigenvalue weighted by Gasteiger charge is -2.24. The molecule has 0 N–H and O–H groups in total. The first kappa shape index (κ1) is 10.5. The fraction of sp³-hybridized carbons (Fsp3) is 0.364. The Kier molecular flexibility index (Phi) is 3.28. The lowest BCUT2D eigenvalue weighted by atomic mass is 10.2. The predicted molar refractivity (Wildman–Crippen MR) is 58.5 cm³/mol. The third kappa shape index (κ3) is 2.33. The standard InChI is InChI=1S/C11H12O3S/c1-13-6-8(12)10-7-15-11-5-3-2-4-9(11)14-10/h2-5,10H,6-7H2,1H3. The van der Waals surface area contributed by atoms with Gasteiger partial charge in [-0.25, -0.2) is 0 Å². The topological polar surface area (TPSA) is 35.5 Å². The van der Waals surface area contributed by atoms with Crippen LogP contribution < -0.4 is 4.74 Å². The highest BCUT2D eigenvalue weighted by atomic mass is 32.2. The highest BCUT2D eigenvalue weighted by Gasteiger charge is 2.25. The minimum Gasteiger partial charge on any atom is -0.481 e. The van der Waals surface area contributed by atoms with E-state index in [0.717, 1.165) is 10.6 Å². The number of benzene rings is 1. The summed E-state index contributed by atoms with van der Waals surface area (Å²) in [7, 11) is 1.52. The molecule has 1 aromatic carbocycles. The van der Waals surface area contributed by atoms with Crippen LogP contribution in [0.1, 0.15) is 0 Å². The molecule has 0 saturated carbocycles. The van der Waals surface area contributed by atoms with Crippen LogP contribution in [0.2, 0.25) is 0 Å². The van der Waals surface area contributed by atoms with Gasteiger partial charge in [-0.1, -0.05) is 12.1 Å². The predicted octanol–water partition coefficient (Wildman–Crippen LogP) is 1.76. The van der Waals surface area contributed by atoms with Crippen LogP contribution in [0.5, 0.6) is 5.75 Å². The second-order valence-corrected chi connectivity index (χ2v) is 4.33. The minimum absolute atomic E-state index is 0.000460. The number of hydrogen-bond acceptors (Lipinski definition) is 4. The number of carbonyl (C=O) groups excluding carboxylic acids is 1. The van der Waals surface area contributed by atoms with Crippen molar-refractivity contribution in [2.45, 2.75) is 11.0 Å². The van der Waals surface area contributed by atoms with E-state index in [-0.39, 0.29) is 18.5 Å². The van der Waals surface area contributed by atoms with E-state index in [0.29, 0.717) is 5.75 Å². The zero-order valence-corrected chi connectivity index (χ0v) is 9.25. The van der Waals surface area contributed by atoms with E-state index in [2.05, 4.69) is 0 Å². The Bertz CT molecular complexity index is 365. The maximum Gasteiger partial charge on any atom is 0.199 e. The van der Waals surface area contributed by atoms with Gasteiger partial charge in [0.1, 0.15) is 12.4 Å². The summed E-state index contributed by atoms with van der Waals surface area (Å²) in [5, 5.41) is 0. The smallest absolute Gasteiger partial charge is 0.199 e. The van der Waals surface area contributed by atoms with E-state index >= 15 is 0 Å². The molecule has 1 aromatic rings. The number of thioether (sulfide) groups is 1. The summed E-state index contributed by atoms with van der Waals surface area (Å²) in [6, 6.07) is 7.75. The maximum absolute atomic E-state index is 11.5. The summed E-state index contributed by atoms with van der Waals surface area (Å²) >= 11 is 1.65. The van der Waals surface area contributed by atoms with Gasteiger partial charge >= 0.3 is 0 Å². The van der Waals surface area contributed by atoms with Gasteiger partial charge in [-0.2, -0.15) is 0 Å². The van der Waals surface area contributed by atoms with Crippen LogP contribution in [0.25, 0.3) is 0 Å². The molecule has 0 aliphatic carbocycles. The highest BCUT2D eigenvalue weighted by molar-refractivity contribution is 7.99. The zero-order chi connectivity index (χ0) is 10.7. The number of rotatable bonds is 3. The van der Waals surface area contributed by atoms with Crippen molar-refractivity contribution < 1.29 is 14.3 Å². The molecule has 1 aliphatic heterocycles. The average molecular weight is 224 g/mol. The number of methoxy groups -OCH3 is 1.